The number of nitrogens with zero attached hydrogens (tertiary/aromatic N) is 2. The summed E-state index contributed by atoms with van der Waals surface area (Å²) in [4.78, 5) is 15.3. The molecule has 160 valence electrons. The Kier molecular flexibility index (Phi) is 8.50. The van der Waals surface area contributed by atoms with Crippen LogP contribution >= 0.6 is 0 Å². The van der Waals surface area contributed by atoms with Crippen molar-refractivity contribution in [1.29, 1.82) is 0 Å². The Morgan fingerprint density at radius 2 is 2.14 bits per heavy atom. The molecule has 1 amide bonds. The van der Waals surface area contributed by atoms with Gasteiger partial charge in [-0.05, 0) is 51.1 Å². The molecule has 2 atom stereocenters. The van der Waals surface area contributed by atoms with E-state index in [0.717, 1.165) is 57.6 Å². The van der Waals surface area contributed by atoms with Gasteiger partial charge in [0.15, 0.2) is 0 Å². The number of hydrogen-bond acceptors (Lipinski definition) is 4. The maximum atomic E-state index is 12.9. The molecular formula is C22H41N5O. The lowest BCUT2D eigenvalue weighted by Gasteiger charge is -2.41. The molecule has 1 saturated carbocycles. The summed E-state index contributed by atoms with van der Waals surface area (Å²) >= 11 is 0. The molecule has 28 heavy (non-hydrogen) atoms. The van der Waals surface area contributed by atoms with Crippen LogP contribution in [0, 0.1) is 17.3 Å². The lowest BCUT2D eigenvalue weighted by atomic mass is 9.64. The molecule has 0 spiro atoms. The van der Waals surface area contributed by atoms with Crippen LogP contribution in [0.25, 0.3) is 0 Å². The monoisotopic (exact) mass is 391 g/mol. The van der Waals surface area contributed by atoms with E-state index in [-0.39, 0.29) is 17.2 Å². The molecule has 0 aliphatic heterocycles. The van der Waals surface area contributed by atoms with E-state index in [4.69, 9.17) is 0 Å². The van der Waals surface area contributed by atoms with Crippen LogP contribution in [0.3, 0.4) is 0 Å². The summed E-state index contributed by atoms with van der Waals surface area (Å²) < 4.78 is 0. The van der Waals surface area contributed by atoms with Crippen LogP contribution in [0.5, 0.6) is 0 Å². The molecule has 3 N–H and O–H groups in total. The second kappa shape index (κ2) is 10.4. The highest BCUT2D eigenvalue weighted by Gasteiger charge is 2.42. The van der Waals surface area contributed by atoms with E-state index in [0.29, 0.717) is 11.8 Å². The Hall–Kier alpha value is -1.40. The Morgan fingerprint density at radius 3 is 2.82 bits per heavy atom. The summed E-state index contributed by atoms with van der Waals surface area (Å²) in [5.74, 6) is 1.23. The minimum atomic E-state index is 0.0402. The van der Waals surface area contributed by atoms with Gasteiger partial charge in [-0.3, -0.25) is 9.89 Å². The van der Waals surface area contributed by atoms with Gasteiger partial charge in [-0.2, -0.15) is 5.10 Å². The summed E-state index contributed by atoms with van der Waals surface area (Å²) in [6.45, 7) is 12.5. The predicted octanol–water partition coefficient (Wildman–Crippen LogP) is 3.13. The Labute approximate surface area is 171 Å². The van der Waals surface area contributed by atoms with Crippen LogP contribution in [-0.2, 0) is 11.3 Å². The van der Waals surface area contributed by atoms with Crippen molar-refractivity contribution in [2.45, 2.75) is 65.8 Å². The van der Waals surface area contributed by atoms with Gasteiger partial charge in [0.1, 0.15) is 0 Å². The molecular weight excluding hydrogens is 350 g/mol. The first kappa shape index (κ1) is 22.9. The van der Waals surface area contributed by atoms with Crippen molar-refractivity contribution < 1.29 is 4.79 Å². The molecule has 1 fully saturated rings. The summed E-state index contributed by atoms with van der Waals surface area (Å²) in [5, 5.41) is 14.1. The zero-order valence-electron chi connectivity index (χ0n) is 18.8. The SMILES string of the molecule is CNCCN(C)Cc1c[nH]nc1C1CCC(C)(C)[C@H](C(=O)NCCC(C)C)C1. The van der Waals surface area contributed by atoms with E-state index in [2.05, 4.69) is 60.5 Å². The topological polar surface area (TPSA) is 73.0 Å². The molecule has 6 heteroatoms. The molecule has 1 unspecified atom stereocenters. The number of carbonyl (C=O) groups is 1. The third-order valence-corrected chi connectivity index (χ3v) is 6.26. The number of likely N-dealkylation sites (N-methyl/N-ethyl adjacent to an activating group) is 2. The smallest absolute Gasteiger partial charge is 0.223 e. The first-order chi connectivity index (χ1) is 13.2. The maximum absolute atomic E-state index is 12.9. The van der Waals surface area contributed by atoms with Gasteiger partial charge in [0.25, 0.3) is 0 Å². The second-order valence-electron chi connectivity index (χ2n) is 9.62. The van der Waals surface area contributed by atoms with E-state index in [1.165, 1.54) is 5.56 Å². The van der Waals surface area contributed by atoms with Crippen molar-refractivity contribution in [1.82, 2.24) is 25.7 Å². The average Bonchev–Trinajstić information content (AvgIpc) is 3.07. The highest BCUT2D eigenvalue weighted by Crippen LogP contribution is 2.47. The van der Waals surface area contributed by atoms with Crippen molar-refractivity contribution in [2.24, 2.45) is 17.3 Å². The number of carbonyl (C=O) groups excluding carboxylic acids is 1. The Bertz CT molecular complexity index is 610. The molecule has 1 aromatic rings. The number of H-pyrrole nitrogens is 1. The lowest BCUT2D eigenvalue weighted by Crippen LogP contribution is -2.43. The third kappa shape index (κ3) is 6.31. The number of hydrogen-bond donors (Lipinski definition) is 3. The molecule has 0 bridgehead atoms. The van der Waals surface area contributed by atoms with E-state index in [1.54, 1.807) is 0 Å². The summed E-state index contributed by atoms with van der Waals surface area (Å²) in [7, 11) is 4.12. The van der Waals surface area contributed by atoms with Crippen molar-refractivity contribution in [2.75, 3.05) is 33.7 Å². The maximum Gasteiger partial charge on any atom is 0.223 e. The van der Waals surface area contributed by atoms with Crippen LogP contribution in [-0.4, -0.2) is 54.7 Å². The Balaban J connectivity index is 2.03. The number of rotatable bonds is 10. The molecule has 2 rings (SSSR count). The normalized spacial score (nSPS) is 22.0. The van der Waals surface area contributed by atoms with Gasteiger partial charge in [0.05, 0.1) is 5.69 Å². The van der Waals surface area contributed by atoms with Crippen LogP contribution in [0.1, 0.15) is 70.6 Å². The van der Waals surface area contributed by atoms with Crippen LogP contribution in [0.4, 0.5) is 0 Å². The summed E-state index contributed by atoms with van der Waals surface area (Å²) in [5.41, 5.74) is 2.47. The summed E-state index contributed by atoms with van der Waals surface area (Å²) in [6, 6.07) is 0. The van der Waals surface area contributed by atoms with Gasteiger partial charge in [-0.15, -0.1) is 0 Å². The van der Waals surface area contributed by atoms with Crippen molar-refractivity contribution in [3.05, 3.63) is 17.5 Å². The van der Waals surface area contributed by atoms with Crippen molar-refractivity contribution in [3.8, 4) is 0 Å². The zero-order chi connectivity index (χ0) is 20.7. The van der Waals surface area contributed by atoms with Crippen LogP contribution in [0.15, 0.2) is 6.20 Å². The van der Waals surface area contributed by atoms with Crippen molar-refractivity contribution in [3.63, 3.8) is 0 Å². The molecule has 1 heterocycles. The first-order valence-electron chi connectivity index (χ1n) is 10.9. The third-order valence-electron chi connectivity index (χ3n) is 6.26. The van der Waals surface area contributed by atoms with Gasteiger partial charge < -0.3 is 15.5 Å². The number of amides is 1. The molecule has 1 aromatic heterocycles. The largest absolute Gasteiger partial charge is 0.356 e. The van der Waals surface area contributed by atoms with Crippen LogP contribution < -0.4 is 10.6 Å². The zero-order valence-corrected chi connectivity index (χ0v) is 18.8. The quantitative estimate of drug-likeness (QED) is 0.573. The number of aromatic nitrogens is 2. The van der Waals surface area contributed by atoms with E-state index >= 15 is 0 Å². The number of aromatic amines is 1. The first-order valence-corrected chi connectivity index (χ1v) is 10.9. The second-order valence-corrected chi connectivity index (χ2v) is 9.62. The Morgan fingerprint density at radius 1 is 1.39 bits per heavy atom. The van der Waals surface area contributed by atoms with Gasteiger partial charge in [0.2, 0.25) is 5.91 Å². The molecule has 0 radical (unpaired) electrons. The van der Waals surface area contributed by atoms with Gasteiger partial charge in [0, 0.05) is 49.8 Å². The van der Waals surface area contributed by atoms with Crippen molar-refractivity contribution >= 4 is 5.91 Å². The molecule has 1 aliphatic carbocycles. The van der Waals surface area contributed by atoms with Gasteiger partial charge in [-0.1, -0.05) is 27.7 Å². The highest BCUT2D eigenvalue weighted by atomic mass is 16.1. The van der Waals surface area contributed by atoms with Gasteiger partial charge >= 0.3 is 0 Å². The molecule has 6 nitrogen and oxygen atoms in total. The molecule has 1 aliphatic rings. The van der Waals surface area contributed by atoms with Gasteiger partial charge in [-0.25, -0.2) is 0 Å². The van der Waals surface area contributed by atoms with E-state index < -0.39 is 0 Å². The molecule has 0 aromatic carbocycles. The minimum absolute atomic E-state index is 0.0402. The highest BCUT2D eigenvalue weighted by molar-refractivity contribution is 5.79. The average molecular weight is 392 g/mol. The summed E-state index contributed by atoms with van der Waals surface area (Å²) in [6.07, 6.45) is 6.11. The standard InChI is InChI=1S/C22H41N5O/c1-16(2)8-10-24-21(28)19-13-17(7-9-22(19,3)4)20-18(14-25-26-20)15-27(6)12-11-23-5/h14,16-17,19,23H,7-13,15H2,1-6H3,(H,24,28)(H,25,26)/t17?,19-/m0/s1. The fourth-order valence-electron chi connectivity index (χ4n) is 4.24. The van der Waals surface area contributed by atoms with E-state index in [1.807, 2.05) is 13.2 Å². The fraction of sp³-hybridized carbons (Fsp3) is 0.818. The number of nitrogens with one attached hydrogen (secondary N) is 3. The predicted molar refractivity (Wildman–Crippen MR) is 115 cm³/mol. The van der Waals surface area contributed by atoms with E-state index in [9.17, 15) is 4.79 Å². The lowest BCUT2D eigenvalue weighted by molar-refractivity contribution is -0.130. The molecule has 0 saturated heterocycles. The van der Waals surface area contributed by atoms with Crippen LogP contribution in [0.2, 0.25) is 0 Å². The minimum Gasteiger partial charge on any atom is -0.356 e. The fourth-order valence-corrected chi connectivity index (χ4v) is 4.24.